The smallest absolute Gasteiger partial charge is 0.255 e. The molecule has 3 N–H and O–H groups in total. The van der Waals surface area contributed by atoms with E-state index >= 15 is 0 Å². The summed E-state index contributed by atoms with van der Waals surface area (Å²) < 4.78 is 36.2. The zero-order valence-electron chi connectivity index (χ0n) is 24.5. The SMILES string of the molecule is COc1ccccc1NC(=O)c1ccc(NC2CCN(Cc3ccc(Oc4ccc(NS(C)(=O)=O)cc4)nc3)CC2)cc1.Cl. The number of aromatic nitrogens is 1. The van der Waals surface area contributed by atoms with E-state index in [1.54, 1.807) is 31.4 Å². The van der Waals surface area contributed by atoms with Crippen molar-refractivity contribution in [1.29, 1.82) is 0 Å². The Morgan fingerprint density at radius 1 is 0.932 bits per heavy atom. The lowest BCUT2D eigenvalue weighted by molar-refractivity contribution is 0.102. The average molecular weight is 638 g/mol. The molecule has 0 atom stereocenters. The monoisotopic (exact) mass is 637 g/mol. The molecular weight excluding hydrogens is 602 g/mol. The van der Waals surface area contributed by atoms with Gasteiger partial charge in [0, 0.05) is 54.9 Å². The predicted molar refractivity (Wildman–Crippen MR) is 176 cm³/mol. The van der Waals surface area contributed by atoms with E-state index in [4.69, 9.17) is 9.47 Å². The number of hydrogen-bond donors (Lipinski definition) is 3. The quantitative estimate of drug-likeness (QED) is 0.183. The number of hydrogen-bond acceptors (Lipinski definition) is 8. The predicted octanol–water partition coefficient (Wildman–Crippen LogP) is 6.00. The Morgan fingerprint density at radius 2 is 1.61 bits per heavy atom. The van der Waals surface area contributed by atoms with Gasteiger partial charge in [0.1, 0.15) is 11.5 Å². The summed E-state index contributed by atoms with van der Waals surface area (Å²) >= 11 is 0. The van der Waals surface area contributed by atoms with Gasteiger partial charge in [0.05, 0.1) is 19.1 Å². The topological polar surface area (TPSA) is 122 Å². The highest BCUT2D eigenvalue weighted by Crippen LogP contribution is 2.25. The van der Waals surface area contributed by atoms with Gasteiger partial charge in [-0.2, -0.15) is 0 Å². The average Bonchev–Trinajstić information content (AvgIpc) is 3.00. The first-order valence-electron chi connectivity index (χ1n) is 14.0. The summed E-state index contributed by atoms with van der Waals surface area (Å²) in [7, 11) is -1.75. The van der Waals surface area contributed by atoms with Crippen LogP contribution in [0.15, 0.2) is 91.1 Å². The summed E-state index contributed by atoms with van der Waals surface area (Å²) in [6.45, 7) is 2.73. The highest BCUT2D eigenvalue weighted by Gasteiger charge is 2.19. The molecule has 1 saturated heterocycles. The van der Waals surface area contributed by atoms with E-state index in [1.165, 1.54) is 0 Å². The lowest BCUT2D eigenvalue weighted by atomic mass is 10.0. The van der Waals surface area contributed by atoms with Gasteiger partial charge in [0.2, 0.25) is 15.9 Å². The molecule has 232 valence electrons. The fraction of sp³-hybridized carbons (Fsp3) is 0.250. The Kier molecular flexibility index (Phi) is 11.0. The number of nitrogens with one attached hydrogen (secondary N) is 3. The molecule has 1 aliphatic rings. The zero-order chi connectivity index (χ0) is 30.2. The van der Waals surface area contributed by atoms with Crippen LogP contribution >= 0.6 is 12.4 Å². The standard InChI is InChI=1S/C32H35N5O5S.ClH/c1-41-30-6-4-3-5-29(30)35-32(38)24-8-10-25(11-9-24)34-26-17-19-37(20-18-26)22-23-7-16-31(33-21-23)42-28-14-12-27(13-15-28)36-43(2,39)40;/h3-16,21,26,34,36H,17-20,22H2,1-2H3,(H,35,38);1H. The molecule has 0 spiro atoms. The van der Waals surface area contributed by atoms with Gasteiger partial charge in [-0.05, 0) is 79.1 Å². The summed E-state index contributed by atoms with van der Waals surface area (Å²) in [5.41, 5.74) is 3.79. The van der Waals surface area contributed by atoms with Crippen molar-refractivity contribution < 1.29 is 22.7 Å². The lowest BCUT2D eigenvalue weighted by Crippen LogP contribution is -2.38. The van der Waals surface area contributed by atoms with Crippen LogP contribution in [0.3, 0.4) is 0 Å². The molecule has 44 heavy (non-hydrogen) atoms. The fourth-order valence-corrected chi connectivity index (χ4v) is 5.44. The van der Waals surface area contributed by atoms with E-state index in [0.29, 0.717) is 40.4 Å². The number of para-hydroxylation sites is 2. The van der Waals surface area contributed by atoms with Crippen LogP contribution in [0.2, 0.25) is 0 Å². The van der Waals surface area contributed by atoms with Gasteiger partial charge in [-0.25, -0.2) is 13.4 Å². The van der Waals surface area contributed by atoms with Crippen LogP contribution in [0.4, 0.5) is 17.1 Å². The number of amides is 1. The number of sulfonamides is 1. The van der Waals surface area contributed by atoms with Gasteiger partial charge in [0.15, 0.2) is 0 Å². The van der Waals surface area contributed by atoms with Crippen LogP contribution in [0.1, 0.15) is 28.8 Å². The van der Waals surface area contributed by atoms with E-state index < -0.39 is 10.0 Å². The number of carbonyl (C=O) groups is 1. The number of ether oxygens (including phenoxy) is 2. The third-order valence-corrected chi connectivity index (χ3v) is 7.65. The van der Waals surface area contributed by atoms with Crippen LogP contribution in [0.25, 0.3) is 0 Å². The number of rotatable bonds is 11. The molecule has 4 aromatic rings. The van der Waals surface area contributed by atoms with Gasteiger partial charge >= 0.3 is 0 Å². The Bertz CT molecular complexity index is 1630. The van der Waals surface area contributed by atoms with E-state index in [-0.39, 0.29) is 18.3 Å². The summed E-state index contributed by atoms with van der Waals surface area (Å²) in [5, 5.41) is 6.51. The van der Waals surface area contributed by atoms with Crippen LogP contribution < -0.4 is 24.8 Å². The molecule has 0 unspecified atom stereocenters. The molecular formula is C32H36ClN5O5S. The number of nitrogens with zero attached hydrogens (tertiary/aromatic N) is 2. The van der Waals surface area contributed by atoms with Gasteiger partial charge in [-0.1, -0.05) is 18.2 Å². The largest absolute Gasteiger partial charge is 0.495 e. The number of pyridine rings is 1. The van der Waals surface area contributed by atoms with E-state index in [2.05, 4.69) is 25.2 Å². The molecule has 0 radical (unpaired) electrons. The Morgan fingerprint density at radius 3 is 2.25 bits per heavy atom. The van der Waals surface area contributed by atoms with Crippen LogP contribution in [-0.4, -0.2) is 56.7 Å². The first-order chi connectivity index (χ1) is 20.7. The van der Waals surface area contributed by atoms with Gasteiger partial charge in [-0.3, -0.25) is 14.4 Å². The van der Waals surface area contributed by atoms with Crippen LogP contribution in [0.5, 0.6) is 17.4 Å². The maximum atomic E-state index is 12.7. The maximum absolute atomic E-state index is 12.7. The Hall–Kier alpha value is -4.32. The van der Waals surface area contributed by atoms with Crippen LogP contribution in [0, 0.1) is 0 Å². The maximum Gasteiger partial charge on any atom is 0.255 e. The number of carbonyl (C=O) groups excluding carboxylic acids is 1. The molecule has 0 bridgehead atoms. The number of likely N-dealkylation sites (tertiary alicyclic amines) is 1. The fourth-order valence-electron chi connectivity index (χ4n) is 4.88. The second-order valence-corrected chi connectivity index (χ2v) is 12.2. The molecule has 1 amide bonds. The van der Waals surface area contributed by atoms with E-state index in [1.807, 2.05) is 66.9 Å². The van der Waals surface area contributed by atoms with Crippen molar-refractivity contribution in [3.8, 4) is 17.4 Å². The minimum atomic E-state index is -3.32. The molecule has 5 rings (SSSR count). The Labute approximate surface area is 264 Å². The third-order valence-electron chi connectivity index (χ3n) is 7.04. The number of halogens is 1. The molecule has 1 fully saturated rings. The number of methoxy groups -OCH3 is 1. The number of benzene rings is 3. The van der Waals surface area contributed by atoms with Crippen molar-refractivity contribution in [2.45, 2.75) is 25.4 Å². The second-order valence-electron chi connectivity index (χ2n) is 10.4. The molecule has 1 aromatic heterocycles. The second kappa shape index (κ2) is 14.9. The van der Waals surface area contributed by atoms with Crippen molar-refractivity contribution in [3.63, 3.8) is 0 Å². The molecule has 0 aliphatic carbocycles. The van der Waals surface area contributed by atoms with Crippen molar-refractivity contribution in [2.24, 2.45) is 0 Å². The molecule has 10 nitrogen and oxygen atoms in total. The van der Waals surface area contributed by atoms with Crippen molar-refractivity contribution in [1.82, 2.24) is 9.88 Å². The minimum Gasteiger partial charge on any atom is -0.495 e. The van der Waals surface area contributed by atoms with Gasteiger partial charge in [0.25, 0.3) is 5.91 Å². The summed E-state index contributed by atoms with van der Waals surface area (Å²) in [6.07, 6.45) is 4.95. The highest BCUT2D eigenvalue weighted by molar-refractivity contribution is 7.92. The Balaban J connectivity index is 0.00000442. The lowest BCUT2D eigenvalue weighted by Gasteiger charge is -2.32. The summed E-state index contributed by atoms with van der Waals surface area (Å²) in [5.74, 6) is 1.48. The molecule has 0 saturated carbocycles. The first kappa shape index (κ1) is 32.6. The number of anilines is 3. The third kappa shape index (κ3) is 9.34. The van der Waals surface area contributed by atoms with Crippen molar-refractivity contribution in [2.75, 3.05) is 41.8 Å². The van der Waals surface area contributed by atoms with E-state index in [0.717, 1.165) is 50.0 Å². The normalized spacial score (nSPS) is 13.8. The van der Waals surface area contributed by atoms with Crippen LogP contribution in [-0.2, 0) is 16.6 Å². The van der Waals surface area contributed by atoms with Crippen molar-refractivity contribution in [3.05, 3.63) is 102 Å². The number of piperidine rings is 1. The van der Waals surface area contributed by atoms with Gasteiger partial charge < -0.3 is 20.1 Å². The molecule has 1 aliphatic heterocycles. The molecule has 3 aromatic carbocycles. The highest BCUT2D eigenvalue weighted by atomic mass is 35.5. The zero-order valence-corrected chi connectivity index (χ0v) is 26.2. The minimum absolute atomic E-state index is 0. The summed E-state index contributed by atoms with van der Waals surface area (Å²) in [6, 6.07) is 25.8. The molecule has 12 heteroatoms. The van der Waals surface area contributed by atoms with Crippen molar-refractivity contribution >= 4 is 45.4 Å². The van der Waals surface area contributed by atoms with Gasteiger partial charge in [-0.15, -0.1) is 12.4 Å². The van der Waals surface area contributed by atoms with E-state index in [9.17, 15) is 13.2 Å². The molecule has 2 heterocycles. The first-order valence-corrected chi connectivity index (χ1v) is 15.9. The summed E-state index contributed by atoms with van der Waals surface area (Å²) in [4.78, 5) is 19.5.